The second-order valence-electron chi connectivity index (χ2n) is 5.99. The lowest BCUT2D eigenvalue weighted by Gasteiger charge is -2.15. The standard InChI is InChI=1S/C18H21N3O2S2.ClH/c1-14(11-19-7-4-15-6-9-24-13-15)21-25(22,23)18-3-2-17-12-20-8-5-16(17)10-18;/h2-3,5-6,8-10,12-14,19,21H,4,7,11H2,1H3;1H. The van der Waals surface area contributed by atoms with Gasteiger partial charge in [0.2, 0.25) is 10.0 Å². The van der Waals surface area contributed by atoms with E-state index in [4.69, 9.17) is 0 Å². The quantitative estimate of drug-likeness (QED) is 0.558. The topological polar surface area (TPSA) is 71.1 Å². The molecule has 0 saturated carbocycles. The molecule has 0 aliphatic carbocycles. The first-order valence-electron chi connectivity index (χ1n) is 8.12. The average molecular weight is 412 g/mol. The predicted molar refractivity (Wildman–Crippen MR) is 110 cm³/mol. The zero-order valence-electron chi connectivity index (χ0n) is 14.4. The van der Waals surface area contributed by atoms with Gasteiger partial charge in [-0.15, -0.1) is 12.4 Å². The summed E-state index contributed by atoms with van der Waals surface area (Å²) >= 11 is 1.69. The number of hydrogen-bond donors (Lipinski definition) is 2. The molecular weight excluding hydrogens is 390 g/mol. The Kier molecular flexibility index (Phi) is 7.55. The van der Waals surface area contributed by atoms with Crippen LogP contribution in [0.1, 0.15) is 12.5 Å². The Balaban J connectivity index is 0.00000243. The summed E-state index contributed by atoms with van der Waals surface area (Å²) in [6.45, 7) is 3.27. The van der Waals surface area contributed by atoms with Crippen molar-refractivity contribution in [1.82, 2.24) is 15.0 Å². The van der Waals surface area contributed by atoms with Crippen molar-refractivity contribution in [3.63, 3.8) is 0 Å². The zero-order chi connectivity index (χ0) is 17.7. The van der Waals surface area contributed by atoms with Crippen LogP contribution in [0.15, 0.2) is 58.4 Å². The van der Waals surface area contributed by atoms with Gasteiger partial charge in [-0.05, 0) is 65.9 Å². The number of hydrogen-bond acceptors (Lipinski definition) is 5. The van der Waals surface area contributed by atoms with Crippen LogP contribution in [-0.4, -0.2) is 32.5 Å². The number of nitrogens with one attached hydrogen (secondary N) is 2. The van der Waals surface area contributed by atoms with Crippen molar-refractivity contribution >= 4 is 44.5 Å². The molecule has 3 rings (SSSR count). The van der Waals surface area contributed by atoms with Crippen molar-refractivity contribution in [1.29, 1.82) is 0 Å². The maximum Gasteiger partial charge on any atom is 0.240 e. The molecule has 5 nitrogen and oxygen atoms in total. The summed E-state index contributed by atoms with van der Waals surface area (Å²) in [4.78, 5) is 4.31. The van der Waals surface area contributed by atoms with Gasteiger partial charge in [0.1, 0.15) is 0 Å². The summed E-state index contributed by atoms with van der Waals surface area (Å²) < 4.78 is 27.8. The van der Waals surface area contributed by atoms with Crippen molar-refractivity contribution in [2.45, 2.75) is 24.3 Å². The van der Waals surface area contributed by atoms with E-state index in [9.17, 15) is 8.42 Å². The molecule has 1 aromatic carbocycles. The molecule has 26 heavy (non-hydrogen) atoms. The van der Waals surface area contributed by atoms with Crippen LogP contribution >= 0.6 is 23.7 Å². The first-order valence-corrected chi connectivity index (χ1v) is 10.5. The van der Waals surface area contributed by atoms with Crippen molar-refractivity contribution in [2.75, 3.05) is 13.1 Å². The molecule has 0 saturated heterocycles. The Morgan fingerprint density at radius 2 is 2.04 bits per heavy atom. The number of rotatable bonds is 8. The fourth-order valence-electron chi connectivity index (χ4n) is 2.59. The Morgan fingerprint density at radius 1 is 1.19 bits per heavy atom. The van der Waals surface area contributed by atoms with E-state index < -0.39 is 10.0 Å². The Labute approximate surface area is 164 Å². The monoisotopic (exact) mass is 411 g/mol. The van der Waals surface area contributed by atoms with Crippen molar-refractivity contribution in [3.05, 3.63) is 59.0 Å². The molecule has 2 heterocycles. The molecule has 3 aromatic rings. The maximum absolute atomic E-state index is 12.6. The lowest BCUT2D eigenvalue weighted by molar-refractivity contribution is 0.537. The average Bonchev–Trinajstić information content (AvgIpc) is 3.11. The van der Waals surface area contributed by atoms with Crippen LogP contribution in [-0.2, 0) is 16.4 Å². The normalized spacial score (nSPS) is 12.7. The summed E-state index contributed by atoms with van der Waals surface area (Å²) in [5.41, 5.74) is 1.30. The van der Waals surface area contributed by atoms with Crippen LogP contribution in [0.4, 0.5) is 0 Å². The first-order chi connectivity index (χ1) is 12.0. The molecule has 1 atom stereocenters. The third-order valence-corrected chi connectivity index (χ3v) is 6.22. The molecule has 140 valence electrons. The van der Waals surface area contributed by atoms with E-state index in [1.54, 1.807) is 41.9 Å². The first kappa shape index (κ1) is 20.8. The Morgan fingerprint density at radius 3 is 2.81 bits per heavy atom. The van der Waals surface area contributed by atoms with Gasteiger partial charge >= 0.3 is 0 Å². The smallest absolute Gasteiger partial charge is 0.240 e. The van der Waals surface area contributed by atoms with E-state index in [0.717, 1.165) is 23.7 Å². The van der Waals surface area contributed by atoms with Crippen LogP contribution in [0.25, 0.3) is 10.8 Å². The highest BCUT2D eigenvalue weighted by atomic mass is 35.5. The molecule has 0 amide bonds. The number of benzene rings is 1. The number of nitrogens with zero attached hydrogens (tertiary/aromatic N) is 1. The number of sulfonamides is 1. The lowest BCUT2D eigenvalue weighted by atomic mass is 10.2. The second-order valence-corrected chi connectivity index (χ2v) is 8.49. The minimum Gasteiger partial charge on any atom is -0.315 e. The summed E-state index contributed by atoms with van der Waals surface area (Å²) in [6.07, 6.45) is 4.33. The number of thiophene rings is 1. The third kappa shape index (κ3) is 5.49. The molecule has 0 radical (unpaired) electrons. The highest BCUT2D eigenvalue weighted by Crippen LogP contribution is 2.18. The summed E-state index contributed by atoms with van der Waals surface area (Å²) in [6, 6.07) is 8.79. The van der Waals surface area contributed by atoms with E-state index in [-0.39, 0.29) is 23.3 Å². The van der Waals surface area contributed by atoms with Gasteiger partial charge in [-0.1, -0.05) is 6.07 Å². The largest absolute Gasteiger partial charge is 0.315 e. The molecule has 1 unspecified atom stereocenters. The summed E-state index contributed by atoms with van der Waals surface area (Å²) in [5, 5.41) is 9.27. The van der Waals surface area contributed by atoms with Crippen molar-refractivity contribution in [3.8, 4) is 0 Å². The van der Waals surface area contributed by atoms with Gasteiger partial charge in [-0.3, -0.25) is 4.98 Å². The van der Waals surface area contributed by atoms with Crippen LogP contribution in [0, 0.1) is 0 Å². The second kappa shape index (κ2) is 9.43. The molecule has 2 N–H and O–H groups in total. The predicted octanol–water partition coefficient (Wildman–Crippen LogP) is 3.22. The lowest BCUT2D eigenvalue weighted by Crippen LogP contribution is -2.40. The molecule has 0 aliphatic rings. The molecule has 8 heteroatoms. The summed E-state index contributed by atoms with van der Waals surface area (Å²) in [7, 11) is -3.54. The fourth-order valence-corrected chi connectivity index (χ4v) is 4.57. The van der Waals surface area contributed by atoms with E-state index in [1.807, 2.05) is 13.0 Å². The number of aromatic nitrogens is 1. The van der Waals surface area contributed by atoms with E-state index in [0.29, 0.717) is 6.54 Å². The third-order valence-electron chi connectivity index (χ3n) is 3.90. The van der Waals surface area contributed by atoms with E-state index in [2.05, 4.69) is 31.8 Å². The van der Waals surface area contributed by atoms with Gasteiger partial charge < -0.3 is 5.32 Å². The van der Waals surface area contributed by atoms with Crippen LogP contribution in [0.2, 0.25) is 0 Å². The minimum atomic E-state index is -3.54. The van der Waals surface area contributed by atoms with Crippen LogP contribution in [0.3, 0.4) is 0 Å². The number of halogens is 1. The SMILES string of the molecule is CC(CNCCc1ccsc1)NS(=O)(=O)c1ccc2cnccc2c1.Cl. The van der Waals surface area contributed by atoms with Crippen LogP contribution < -0.4 is 10.0 Å². The Bertz CT molecular complexity index is 931. The molecule has 0 fully saturated rings. The van der Waals surface area contributed by atoms with Crippen molar-refractivity contribution in [2.24, 2.45) is 0 Å². The minimum absolute atomic E-state index is 0. The number of pyridine rings is 1. The molecular formula is C18H22ClN3O2S2. The Hall–Kier alpha value is -1.51. The van der Waals surface area contributed by atoms with Gasteiger partial charge in [0, 0.05) is 30.4 Å². The molecule has 2 aromatic heterocycles. The molecule has 0 aliphatic heterocycles. The van der Waals surface area contributed by atoms with Gasteiger partial charge in [0.05, 0.1) is 4.90 Å². The fraction of sp³-hybridized carbons (Fsp3) is 0.278. The highest BCUT2D eigenvalue weighted by molar-refractivity contribution is 7.89. The van der Waals surface area contributed by atoms with Crippen LogP contribution in [0.5, 0.6) is 0 Å². The van der Waals surface area contributed by atoms with E-state index in [1.165, 1.54) is 5.56 Å². The molecule has 0 bridgehead atoms. The maximum atomic E-state index is 12.6. The summed E-state index contributed by atoms with van der Waals surface area (Å²) in [5.74, 6) is 0. The van der Waals surface area contributed by atoms with E-state index >= 15 is 0 Å². The zero-order valence-corrected chi connectivity index (χ0v) is 16.8. The van der Waals surface area contributed by atoms with Gasteiger partial charge in [0.15, 0.2) is 0 Å². The number of fused-ring (bicyclic) bond motifs is 1. The highest BCUT2D eigenvalue weighted by Gasteiger charge is 2.17. The van der Waals surface area contributed by atoms with Gasteiger partial charge in [0.25, 0.3) is 0 Å². The van der Waals surface area contributed by atoms with Crippen molar-refractivity contribution < 1.29 is 8.42 Å². The van der Waals surface area contributed by atoms with Gasteiger partial charge in [-0.2, -0.15) is 11.3 Å². The molecule has 0 spiro atoms. The van der Waals surface area contributed by atoms with Gasteiger partial charge in [-0.25, -0.2) is 13.1 Å².